The van der Waals surface area contributed by atoms with Gasteiger partial charge in [-0.1, -0.05) is 11.6 Å². The molecule has 2 heterocycles. The average molecular weight is 254 g/mol. The molecule has 0 amide bonds. The zero-order valence-corrected chi connectivity index (χ0v) is 10.4. The van der Waals surface area contributed by atoms with E-state index >= 15 is 0 Å². The number of nitrogens with two attached hydrogens (primary N) is 1. The molecule has 1 aliphatic carbocycles. The van der Waals surface area contributed by atoms with Crippen LogP contribution in [0.5, 0.6) is 0 Å². The van der Waals surface area contributed by atoms with Crippen molar-refractivity contribution in [1.82, 2.24) is 4.98 Å². The molecule has 1 aromatic rings. The standard InChI is InChI=1S/C12H16ClN3O/c13-9-7-15-11(6-10(9)14)16-4-5-17-12(8-16)2-1-3-12/h6-7H,1-5,8H2,(H2,14,15). The molecule has 1 aliphatic heterocycles. The Bertz CT molecular complexity index is 434. The van der Waals surface area contributed by atoms with Gasteiger partial charge in [-0.3, -0.25) is 0 Å². The minimum absolute atomic E-state index is 0.0777. The molecule has 3 rings (SSSR count). The molecule has 4 nitrogen and oxygen atoms in total. The van der Waals surface area contributed by atoms with Gasteiger partial charge in [0.15, 0.2) is 0 Å². The van der Waals surface area contributed by atoms with Crippen LogP contribution >= 0.6 is 11.6 Å². The molecule has 92 valence electrons. The first-order valence-electron chi connectivity index (χ1n) is 5.99. The lowest BCUT2D eigenvalue weighted by Gasteiger charge is -2.48. The topological polar surface area (TPSA) is 51.4 Å². The van der Waals surface area contributed by atoms with Gasteiger partial charge in [0.25, 0.3) is 0 Å². The summed E-state index contributed by atoms with van der Waals surface area (Å²) in [6.07, 6.45) is 5.21. The minimum atomic E-state index is 0.0777. The molecule has 0 bridgehead atoms. The summed E-state index contributed by atoms with van der Waals surface area (Å²) in [5, 5.41) is 0.514. The third-order valence-electron chi connectivity index (χ3n) is 3.71. The molecule has 2 N–H and O–H groups in total. The molecule has 0 unspecified atom stereocenters. The summed E-state index contributed by atoms with van der Waals surface area (Å²) >= 11 is 5.88. The number of hydrogen-bond donors (Lipinski definition) is 1. The lowest BCUT2D eigenvalue weighted by atomic mass is 9.79. The van der Waals surface area contributed by atoms with Crippen molar-refractivity contribution in [3.05, 3.63) is 17.3 Å². The Morgan fingerprint density at radius 2 is 2.29 bits per heavy atom. The van der Waals surface area contributed by atoms with Crippen LogP contribution < -0.4 is 10.6 Å². The van der Waals surface area contributed by atoms with E-state index in [2.05, 4.69) is 9.88 Å². The number of ether oxygens (including phenoxy) is 1. The highest BCUT2D eigenvalue weighted by Crippen LogP contribution is 2.39. The van der Waals surface area contributed by atoms with Crippen molar-refractivity contribution in [2.24, 2.45) is 0 Å². The fraction of sp³-hybridized carbons (Fsp3) is 0.583. The van der Waals surface area contributed by atoms with E-state index < -0.39 is 0 Å². The Balaban J connectivity index is 1.81. The lowest BCUT2D eigenvalue weighted by Crippen LogP contribution is -2.56. The third kappa shape index (κ3) is 1.96. The van der Waals surface area contributed by atoms with Gasteiger partial charge in [0.05, 0.1) is 22.9 Å². The molecule has 17 heavy (non-hydrogen) atoms. The summed E-state index contributed by atoms with van der Waals surface area (Å²) in [6.45, 7) is 2.56. The van der Waals surface area contributed by atoms with E-state index in [1.54, 1.807) is 6.20 Å². The van der Waals surface area contributed by atoms with E-state index in [-0.39, 0.29) is 5.60 Å². The number of hydrogen-bond acceptors (Lipinski definition) is 4. The van der Waals surface area contributed by atoms with E-state index in [0.717, 1.165) is 38.4 Å². The van der Waals surface area contributed by atoms with Gasteiger partial charge in [-0.25, -0.2) is 4.98 Å². The molecule has 0 atom stereocenters. The Labute approximate surface area is 106 Å². The fourth-order valence-electron chi connectivity index (χ4n) is 2.53. The minimum Gasteiger partial charge on any atom is -0.397 e. The van der Waals surface area contributed by atoms with Crippen molar-refractivity contribution in [3.63, 3.8) is 0 Å². The first-order valence-corrected chi connectivity index (χ1v) is 6.36. The summed E-state index contributed by atoms with van der Waals surface area (Å²) in [4.78, 5) is 6.59. The summed E-state index contributed by atoms with van der Waals surface area (Å²) < 4.78 is 5.88. The summed E-state index contributed by atoms with van der Waals surface area (Å²) in [7, 11) is 0. The molecule has 1 saturated carbocycles. The number of pyridine rings is 1. The smallest absolute Gasteiger partial charge is 0.130 e. The maximum absolute atomic E-state index is 5.88. The predicted molar refractivity (Wildman–Crippen MR) is 68.4 cm³/mol. The van der Waals surface area contributed by atoms with Crippen LogP contribution in [-0.4, -0.2) is 30.3 Å². The highest BCUT2D eigenvalue weighted by atomic mass is 35.5. The Kier molecular flexibility index (Phi) is 2.64. The molecular weight excluding hydrogens is 238 g/mol. The number of anilines is 2. The van der Waals surface area contributed by atoms with E-state index in [9.17, 15) is 0 Å². The van der Waals surface area contributed by atoms with Crippen LogP contribution in [0.2, 0.25) is 5.02 Å². The van der Waals surface area contributed by atoms with Crippen LogP contribution in [0.15, 0.2) is 12.3 Å². The first-order chi connectivity index (χ1) is 8.19. The van der Waals surface area contributed by atoms with Crippen molar-refractivity contribution in [2.45, 2.75) is 24.9 Å². The van der Waals surface area contributed by atoms with E-state index in [1.807, 2.05) is 6.07 Å². The van der Waals surface area contributed by atoms with E-state index in [1.165, 1.54) is 6.42 Å². The maximum atomic E-state index is 5.88. The van der Waals surface area contributed by atoms with Crippen LogP contribution in [-0.2, 0) is 4.74 Å². The van der Waals surface area contributed by atoms with Crippen LogP contribution in [0.4, 0.5) is 11.5 Å². The molecule has 1 saturated heterocycles. The SMILES string of the molecule is Nc1cc(N2CCOC3(CCC3)C2)ncc1Cl. The number of nitrogens with zero attached hydrogens (tertiary/aromatic N) is 2. The summed E-state index contributed by atoms with van der Waals surface area (Å²) in [5.74, 6) is 0.904. The first kappa shape index (κ1) is 11.1. The second-order valence-corrected chi connectivity index (χ2v) is 5.28. The van der Waals surface area contributed by atoms with Gasteiger partial charge in [0.2, 0.25) is 0 Å². The maximum Gasteiger partial charge on any atom is 0.130 e. The average Bonchev–Trinajstić information content (AvgIpc) is 2.31. The monoisotopic (exact) mass is 253 g/mol. The predicted octanol–water partition coefficient (Wildman–Crippen LogP) is 2.08. The van der Waals surface area contributed by atoms with Crippen LogP contribution in [0.3, 0.4) is 0 Å². The number of rotatable bonds is 1. The van der Waals surface area contributed by atoms with Crippen molar-refractivity contribution in [2.75, 3.05) is 30.3 Å². The van der Waals surface area contributed by atoms with Gasteiger partial charge < -0.3 is 15.4 Å². The molecule has 0 radical (unpaired) electrons. The van der Waals surface area contributed by atoms with Gasteiger partial charge in [-0.15, -0.1) is 0 Å². The largest absolute Gasteiger partial charge is 0.397 e. The molecule has 2 fully saturated rings. The Morgan fingerprint density at radius 1 is 1.47 bits per heavy atom. The lowest BCUT2D eigenvalue weighted by molar-refractivity contribution is -0.106. The molecule has 5 heteroatoms. The highest BCUT2D eigenvalue weighted by Gasteiger charge is 2.42. The van der Waals surface area contributed by atoms with Crippen LogP contribution in [0.25, 0.3) is 0 Å². The normalized spacial score (nSPS) is 22.5. The Hall–Kier alpha value is -1.00. The van der Waals surface area contributed by atoms with Gasteiger partial charge in [-0.05, 0) is 19.3 Å². The second kappa shape index (κ2) is 4.03. The van der Waals surface area contributed by atoms with E-state index in [0.29, 0.717) is 10.7 Å². The number of nitrogen functional groups attached to an aromatic ring is 1. The fourth-order valence-corrected chi connectivity index (χ4v) is 2.63. The quantitative estimate of drug-likeness (QED) is 0.833. The molecule has 1 spiro atoms. The number of morpholine rings is 1. The molecule has 0 aromatic carbocycles. The Morgan fingerprint density at radius 3 is 2.94 bits per heavy atom. The van der Waals surface area contributed by atoms with Gasteiger partial charge in [-0.2, -0.15) is 0 Å². The van der Waals surface area contributed by atoms with Crippen LogP contribution in [0, 0.1) is 0 Å². The van der Waals surface area contributed by atoms with Crippen molar-refractivity contribution >= 4 is 23.1 Å². The summed E-state index contributed by atoms with van der Waals surface area (Å²) in [6, 6.07) is 1.85. The van der Waals surface area contributed by atoms with Crippen LogP contribution in [0.1, 0.15) is 19.3 Å². The van der Waals surface area contributed by atoms with Gasteiger partial charge in [0.1, 0.15) is 5.82 Å². The van der Waals surface area contributed by atoms with Crippen molar-refractivity contribution in [3.8, 4) is 0 Å². The zero-order valence-electron chi connectivity index (χ0n) is 9.66. The third-order valence-corrected chi connectivity index (χ3v) is 4.02. The molecule has 1 aromatic heterocycles. The van der Waals surface area contributed by atoms with Crippen molar-refractivity contribution in [1.29, 1.82) is 0 Å². The van der Waals surface area contributed by atoms with Crippen molar-refractivity contribution < 1.29 is 4.74 Å². The second-order valence-electron chi connectivity index (χ2n) is 4.87. The number of halogens is 1. The number of aromatic nitrogens is 1. The summed E-state index contributed by atoms with van der Waals surface area (Å²) in [5.41, 5.74) is 6.48. The molecular formula is C12H16ClN3O. The van der Waals surface area contributed by atoms with Gasteiger partial charge >= 0.3 is 0 Å². The molecule has 2 aliphatic rings. The van der Waals surface area contributed by atoms with E-state index in [4.69, 9.17) is 22.1 Å². The zero-order chi connectivity index (χ0) is 11.9. The highest BCUT2D eigenvalue weighted by molar-refractivity contribution is 6.32. The van der Waals surface area contributed by atoms with Gasteiger partial charge in [0, 0.05) is 25.4 Å².